The van der Waals surface area contributed by atoms with Crippen LogP contribution in [0.4, 0.5) is 0 Å². The molecule has 0 aliphatic carbocycles. The summed E-state index contributed by atoms with van der Waals surface area (Å²) in [5.74, 6) is 0. The van der Waals surface area contributed by atoms with Crippen molar-refractivity contribution >= 4 is 20.0 Å². The molecule has 2 atom stereocenters. The van der Waals surface area contributed by atoms with E-state index in [1.165, 1.54) is 19.2 Å². The molecule has 2 N–H and O–H groups in total. The number of ether oxygens (including phenoxy) is 1. The normalized spacial score (nSPS) is 15.8. The van der Waals surface area contributed by atoms with Gasteiger partial charge < -0.3 is 10.5 Å². The first kappa shape index (κ1) is 18.8. The monoisotopic (exact) mass is 349 g/mol. The molecular weight excluding hydrogens is 330 g/mol. The van der Waals surface area contributed by atoms with E-state index in [-0.39, 0.29) is 4.90 Å². The summed E-state index contributed by atoms with van der Waals surface area (Å²) >= 11 is 0. The van der Waals surface area contributed by atoms with E-state index < -0.39 is 32.3 Å². The van der Waals surface area contributed by atoms with Gasteiger partial charge in [0.1, 0.15) is 0 Å². The molecule has 22 heavy (non-hydrogen) atoms. The summed E-state index contributed by atoms with van der Waals surface area (Å²) in [5.41, 5.74) is 6.58. The third kappa shape index (κ3) is 5.85. The number of hydrogen-bond acceptors (Lipinski definition) is 7. The van der Waals surface area contributed by atoms with Crippen LogP contribution < -0.4 is 5.73 Å². The molecule has 0 spiro atoms. The van der Waals surface area contributed by atoms with E-state index in [4.69, 9.17) is 14.7 Å². The molecular formula is C13H19NO6S2. The van der Waals surface area contributed by atoms with E-state index in [1.54, 1.807) is 12.1 Å². The molecule has 0 radical (unpaired) electrons. The third-order valence-corrected chi connectivity index (χ3v) is 4.57. The van der Waals surface area contributed by atoms with Crippen LogP contribution in [-0.2, 0) is 28.9 Å². The minimum Gasteiger partial charge on any atom is -0.353 e. The Kier molecular flexibility index (Phi) is 6.27. The minimum atomic E-state index is -4.08. The summed E-state index contributed by atoms with van der Waals surface area (Å²) < 4.78 is 56.1. The number of aryl methyl sites for hydroxylation is 1. The second kappa shape index (κ2) is 7.34. The van der Waals surface area contributed by atoms with Gasteiger partial charge >= 0.3 is 0 Å². The Morgan fingerprint density at radius 1 is 1.14 bits per heavy atom. The predicted octanol–water partition coefficient (Wildman–Crippen LogP) is 0.558. The van der Waals surface area contributed by atoms with E-state index in [0.29, 0.717) is 0 Å². The van der Waals surface area contributed by atoms with Crippen LogP contribution in [0.1, 0.15) is 5.56 Å². The van der Waals surface area contributed by atoms with Crippen molar-refractivity contribution in [1.29, 1.82) is 0 Å². The summed E-state index contributed by atoms with van der Waals surface area (Å²) in [4.78, 5) is -0.0422. The van der Waals surface area contributed by atoms with E-state index in [1.807, 2.05) is 6.92 Å². The van der Waals surface area contributed by atoms with Crippen molar-refractivity contribution in [1.82, 2.24) is 0 Å². The van der Waals surface area contributed by atoms with Gasteiger partial charge in [-0.15, -0.1) is 0 Å². The quantitative estimate of drug-likeness (QED) is 0.565. The fourth-order valence-electron chi connectivity index (χ4n) is 1.47. The van der Waals surface area contributed by atoms with Gasteiger partial charge in [-0.1, -0.05) is 23.8 Å². The SMILES string of the molecule is COC(OS(=O)(=O)c1ccc(C)cc1)[C@H](N)/C=C/S(C)(=O)=O. The lowest BCUT2D eigenvalue weighted by Crippen LogP contribution is -2.38. The smallest absolute Gasteiger partial charge is 0.299 e. The molecule has 0 aliphatic heterocycles. The van der Waals surface area contributed by atoms with Gasteiger partial charge in [-0.05, 0) is 19.1 Å². The van der Waals surface area contributed by atoms with E-state index in [9.17, 15) is 16.8 Å². The Morgan fingerprint density at radius 2 is 1.68 bits per heavy atom. The number of benzene rings is 1. The molecule has 1 unspecified atom stereocenters. The molecule has 124 valence electrons. The zero-order chi connectivity index (χ0) is 17.0. The summed E-state index contributed by atoms with van der Waals surface area (Å²) in [7, 11) is -6.25. The lowest BCUT2D eigenvalue weighted by molar-refractivity contribution is -0.0559. The maximum atomic E-state index is 12.1. The van der Waals surface area contributed by atoms with Crippen molar-refractivity contribution in [3.05, 3.63) is 41.3 Å². The first-order chi connectivity index (χ1) is 10.0. The molecule has 0 heterocycles. The van der Waals surface area contributed by atoms with Crippen LogP contribution in [0.25, 0.3) is 0 Å². The number of sulfone groups is 1. The van der Waals surface area contributed by atoms with Gasteiger partial charge in [0.05, 0.1) is 10.9 Å². The van der Waals surface area contributed by atoms with Crippen LogP contribution in [0.15, 0.2) is 40.6 Å². The molecule has 0 bridgehead atoms. The van der Waals surface area contributed by atoms with Crippen LogP contribution in [0.3, 0.4) is 0 Å². The highest BCUT2D eigenvalue weighted by Crippen LogP contribution is 2.16. The Hall–Kier alpha value is -1.26. The molecule has 1 rings (SSSR count). The van der Waals surface area contributed by atoms with Crippen LogP contribution in [0, 0.1) is 6.92 Å². The fourth-order valence-corrected chi connectivity index (χ4v) is 2.97. The van der Waals surface area contributed by atoms with Crippen LogP contribution in [-0.4, -0.2) is 42.5 Å². The van der Waals surface area contributed by atoms with Crippen molar-refractivity contribution in [2.24, 2.45) is 5.73 Å². The Labute approximate surface area is 130 Å². The molecule has 9 heteroatoms. The highest BCUT2D eigenvalue weighted by molar-refractivity contribution is 7.93. The molecule has 0 amide bonds. The number of rotatable bonds is 7. The first-order valence-electron chi connectivity index (χ1n) is 6.22. The largest absolute Gasteiger partial charge is 0.353 e. The van der Waals surface area contributed by atoms with Crippen molar-refractivity contribution in [3.8, 4) is 0 Å². The first-order valence-corrected chi connectivity index (χ1v) is 9.58. The molecule has 1 aromatic carbocycles. The highest BCUT2D eigenvalue weighted by Gasteiger charge is 2.25. The maximum absolute atomic E-state index is 12.1. The maximum Gasteiger partial charge on any atom is 0.299 e. The third-order valence-electron chi connectivity index (χ3n) is 2.63. The average molecular weight is 349 g/mol. The molecule has 0 fully saturated rings. The van der Waals surface area contributed by atoms with Gasteiger partial charge in [0, 0.05) is 18.8 Å². The highest BCUT2D eigenvalue weighted by atomic mass is 32.2. The number of hydrogen-bond donors (Lipinski definition) is 1. The van der Waals surface area contributed by atoms with E-state index >= 15 is 0 Å². The lowest BCUT2D eigenvalue weighted by Gasteiger charge is -2.19. The van der Waals surface area contributed by atoms with Crippen molar-refractivity contribution in [3.63, 3.8) is 0 Å². The van der Waals surface area contributed by atoms with Crippen molar-refractivity contribution in [2.45, 2.75) is 24.2 Å². The molecule has 0 saturated heterocycles. The topological polar surface area (TPSA) is 113 Å². The average Bonchev–Trinajstić information content (AvgIpc) is 2.42. The van der Waals surface area contributed by atoms with Crippen molar-refractivity contribution < 1.29 is 25.8 Å². The molecule has 1 aromatic rings. The predicted molar refractivity (Wildman–Crippen MR) is 82.2 cm³/mol. The zero-order valence-corrected chi connectivity index (χ0v) is 14.1. The standard InChI is InChI=1S/C13H19NO6S2/c1-10-4-6-11(7-5-10)22(17,18)20-13(19-2)12(14)8-9-21(3,15)16/h4-9,12-13H,14H2,1-3H3/b9-8+/t12-,13?/m1/s1. The molecule has 0 aliphatic rings. The van der Waals surface area contributed by atoms with E-state index in [2.05, 4.69) is 0 Å². The van der Waals surface area contributed by atoms with Gasteiger partial charge in [0.2, 0.25) is 0 Å². The number of methoxy groups -OCH3 is 1. The minimum absolute atomic E-state index is 0.0422. The lowest BCUT2D eigenvalue weighted by atomic mass is 10.2. The van der Waals surface area contributed by atoms with Gasteiger partial charge in [0.25, 0.3) is 10.1 Å². The summed E-state index contributed by atoms with van der Waals surface area (Å²) in [6, 6.07) is 4.98. The molecule has 7 nitrogen and oxygen atoms in total. The number of nitrogens with two attached hydrogens (primary N) is 1. The second-order valence-electron chi connectivity index (χ2n) is 4.70. The summed E-state index contributed by atoms with van der Waals surface area (Å²) in [6.45, 7) is 1.82. The zero-order valence-electron chi connectivity index (χ0n) is 12.5. The van der Waals surface area contributed by atoms with Crippen LogP contribution in [0.2, 0.25) is 0 Å². The Morgan fingerprint density at radius 3 is 2.14 bits per heavy atom. The van der Waals surface area contributed by atoms with Gasteiger partial charge in [-0.25, -0.2) is 12.6 Å². The van der Waals surface area contributed by atoms with Gasteiger partial charge in [-0.2, -0.15) is 8.42 Å². The van der Waals surface area contributed by atoms with E-state index in [0.717, 1.165) is 23.3 Å². The summed E-state index contributed by atoms with van der Waals surface area (Å²) in [5, 5.41) is 0.867. The fraction of sp³-hybridized carbons (Fsp3) is 0.385. The Bertz CT molecular complexity index is 722. The van der Waals surface area contributed by atoms with Crippen molar-refractivity contribution in [2.75, 3.05) is 13.4 Å². The van der Waals surface area contributed by atoms with Crippen LogP contribution >= 0.6 is 0 Å². The molecule has 0 aromatic heterocycles. The van der Waals surface area contributed by atoms with Crippen LogP contribution in [0.5, 0.6) is 0 Å². The van der Waals surface area contributed by atoms with Gasteiger partial charge in [0.15, 0.2) is 16.1 Å². The second-order valence-corrected chi connectivity index (χ2v) is 8.21. The molecule has 0 saturated carbocycles. The summed E-state index contributed by atoms with van der Waals surface area (Å²) in [6.07, 6.45) is 0.750. The Balaban J connectivity index is 2.93. The van der Waals surface area contributed by atoms with Gasteiger partial charge in [-0.3, -0.25) is 0 Å².